The van der Waals surface area contributed by atoms with Crippen molar-refractivity contribution in [2.75, 3.05) is 18.4 Å². The number of benzene rings is 2. The lowest BCUT2D eigenvalue weighted by molar-refractivity contribution is 0.0546. The van der Waals surface area contributed by atoms with Crippen molar-refractivity contribution in [3.63, 3.8) is 0 Å². The van der Waals surface area contributed by atoms with Gasteiger partial charge in [0.2, 0.25) is 0 Å². The van der Waals surface area contributed by atoms with Gasteiger partial charge in [-0.05, 0) is 50.1 Å². The number of aliphatic hydroxyl groups excluding tert-OH is 1. The van der Waals surface area contributed by atoms with E-state index in [9.17, 15) is 9.90 Å². The number of hydrogen-bond donors (Lipinski definition) is 2. The first kappa shape index (κ1) is 17.4. The molecule has 1 aliphatic heterocycles. The number of hydrogen-bond acceptors (Lipinski definition) is 5. The van der Waals surface area contributed by atoms with Crippen LogP contribution < -0.4 is 5.32 Å². The number of likely N-dealkylation sites (tertiary alicyclic amines) is 1. The van der Waals surface area contributed by atoms with E-state index in [0.29, 0.717) is 37.3 Å². The third-order valence-electron chi connectivity index (χ3n) is 4.95. The Morgan fingerprint density at radius 3 is 2.59 bits per heavy atom. The fraction of sp³-hybridized carbons (Fsp3) is 0.286. The molecule has 6 nitrogen and oxygen atoms in total. The molecule has 2 N–H and O–H groups in total. The van der Waals surface area contributed by atoms with Gasteiger partial charge in [-0.2, -0.15) is 0 Å². The molecule has 0 saturated carbocycles. The molecular weight excluding hydrogens is 340 g/mol. The van der Waals surface area contributed by atoms with Gasteiger partial charge in [-0.15, -0.1) is 0 Å². The Labute approximate surface area is 157 Å². The van der Waals surface area contributed by atoms with Gasteiger partial charge in [-0.1, -0.05) is 17.7 Å². The summed E-state index contributed by atoms with van der Waals surface area (Å²) in [6, 6.07) is 13.6. The minimum absolute atomic E-state index is 0.0181. The molecule has 0 atom stereocenters. The molecule has 138 valence electrons. The molecule has 0 unspecified atom stereocenters. The minimum atomic E-state index is -0.297. The van der Waals surface area contributed by atoms with Crippen LogP contribution in [-0.4, -0.2) is 45.1 Å². The second-order valence-corrected chi connectivity index (χ2v) is 6.97. The molecule has 0 aliphatic carbocycles. The number of aliphatic hydroxyl groups is 1. The van der Waals surface area contributed by atoms with Crippen LogP contribution >= 0.6 is 0 Å². The number of nitrogens with zero attached hydrogens (tertiary/aromatic N) is 3. The summed E-state index contributed by atoms with van der Waals surface area (Å²) in [5, 5.41) is 13.8. The molecule has 1 aromatic heterocycles. The maximum atomic E-state index is 12.7. The highest BCUT2D eigenvalue weighted by molar-refractivity contribution is 6.00. The fourth-order valence-electron chi connectivity index (χ4n) is 3.31. The zero-order valence-electron chi connectivity index (χ0n) is 15.2. The van der Waals surface area contributed by atoms with E-state index in [4.69, 9.17) is 0 Å². The first-order valence-corrected chi connectivity index (χ1v) is 9.16. The summed E-state index contributed by atoms with van der Waals surface area (Å²) in [6.45, 7) is 3.22. The lowest BCUT2D eigenvalue weighted by atomic mass is 10.1. The maximum Gasteiger partial charge on any atom is 0.253 e. The highest BCUT2D eigenvalue weighted by Crippen LogP contribution is 2.25. The Kier molecular flexibility index (Phi) is 4.73. The molecule has 1 aliphatic rings. The molecule has 1 fully saturated rings. The maximum absolute atomic E-state index is 12.7. The topological polar surface area (TPSA) is 78.4 Å². The predicted octanol–water partition coefficient (Wildman–Crippen LogP) is 3.28. The van der Waals surface area contributed by atoms with E-state index in [2.05, 4.69) is 15.3 Å². The van der Waals surface area contributed by atoms with Crippen molar-refractivity contribution >= 4 is 28.3 Å². The number of carbonyl (C=O) groups excluding carboxylic acids is 1. The van der Waals surface area contributed by atoms with Gasteiger partial charge in [0.15, 0.2) is 0 Å². The van der Waals surface area contributed by atoms with E-state index < -0.39 is 0 Å². The van der Waals surface area contributed by atoms with Gasteiger partial charge in [0.05, 0.1) is 11.6 Å². The first-order chi connectivity index (χ1) is 13.1. The lowest BCUT2D eigenvalue weighted by Gasteiger charge is -2.29. The average molecular weight is 362 g/mol. The van der Waals surface area contributed by atoms with Gasteiger partial charge in [0.25, 0.3) is 5.91 Å². The molecule has 6 heteroatoms. The van der Waals surface area contributed by atoms with E-state index in [1.165, 1.54) is 11.9 Å². The van der Waals surface area contributed by atoms with Crippen LogP contribution in [0, 0.1) is 6.92 Å². The standard InChI is InChI=1S/C21H22N4O2/c1-14-2-5-16(6-3-14)24-20-18-7-4-15(12-19(18)22-13-23-20)21(27)25-10-8-17(26)9-11-25/h2-7,12-13,17,26H,8-11H2,1H3,(H,22,23,24). The number of fused-ring (bicyclic) bond motifs is 1. The van der Waals surface area contributed by atoms with Gasteiger partial charge in [-0.25, -0.2) is 9.97 Å². The Balaban J connectivity index is 1.60. The van der Waals surface area contributed by atoms with E-state index in [0.717, 1.165) is 16.6 Å². The van der Waals surface area contributed by atoms with Crippen molar-refractivity contribution in [3.05, 3.63) is 59.9 Å². The summed E-state index contributed by atoms with van der Waals surface area (Å²) < 4.78 is 0. The molecule has 0 spiro atoms. The van der Waals surface area contributed by atoms with Crippen molar-refractivity contribution in [1.29, 1.82) is 0 Å². The summed E-state index contributed by atoms with van der Waals surface area (Å²) in [4.78, 5) is 23.2. The number of carbonyl (C=O) groups is 1. The minimum Gasteiger partial charge on any atom is -0.393 e. The molecule has 1 amide bonds. The van der Waals surface area contributed by atoms with Crippen LogP contribution in [0.25, 0.3) is 10.9 Å². The monoisotopic (exact) mass is 362 g/mol. The van der Waals surface area contributed by atoms with E-state index in [-0.39, 0.29) is 12.0 Å². The molecule has 0 bridgehead atoms. The Bertz CT molecular complexity index is 964. The Hall–Kier alpha value is -2.99. The number of piperidine rings is 1. The number of nitrogens with one attached hydrogen (secondary N) is 1. The lowest BCUT2D eigenvalue weighted by Crippen LogP contribution is -2.40. The SMILES string of the molecule is Cc1ccc(Nc2ncnc3cc(C(=O)N4CCC(O)CC4)ccc23)cc1. The third kappa shape index (κ3) is 3.75. The summed E-state index contributed by atoms with van der Waals surface area (Å²) >= 11 is 0. The van der Waals surface area contributed by atoms with Crippen LogP contribution in [0.15, 0.2) is 48.8 Å². The van der Waals surface area contributed by atoms with Crippen molar-refractivity contribution in [2.24, 2.45) is 0 Å². The molecule has 4 rings (SSSR count). The van der Waals surface area contributed by atoms with Gasteiger partial charge in [-0.3, -0.25) is 4.79 Å². The van der Waals surface area contributed by atoms with Gasteiger partial charge in [0.1, 0.15) is 12.1 Å². The van der Waals surface area contributed by atoms with Crippen molar-refractivity contribution < 1.29 is 9.90 Å². The summed E-state index contributed by atoms with van der Waals surface area (Å²) in [5.74, 6) is 0.694. The van der Waals surface area contributed by atoms with Gasteiger partial charge >= 0.3 is 0 Å². The first-order valence-electron chi connectivity index (χ1n) is 9.16. The van der Waals surface area contributed by atoms with Crippen LogP contribution in [0.2, 0.25) is 0 Å². The highest BCUT2D eigenvalue weighted by atomic mass is 16.3. The molecule has 3 aromatic rings. The second-order valence-electron chi connectivity index (χ2n) is 6.97. The predicted molar refractivity (Wildman–Crippen MR) is 105 cm³/mol. The number of aromatic nitrogens is 2. The van der Waals surface area contributed by atoms with Crippen LogP contribution in [-0.2, 0) is 0 Å². The van der Waals surface area contributed by atoms with E-state index in [1.807, 2.05) is 49.4 Å². The fourth-order valence-corrected chi connectivity index (χ4v) is 3.31. The zero-order chi connectivity index (χ0) is 18.8. The number of anilines is 2. The summed E-state index contributed by atoms with van der Waals surface area (Å²) in [6.07, 6.45) is 2.47. The number of aryl methyl sites for hydroxylation is 1. The zero-order valence-corrected chi connectivity index (χ0v) is 15.2. The van der Waals surface area contributed by atoms with E-state index in [1.54, 1.807) is 4.90 Å². The Morgan fingerprint density at radius 1 is 1.11 bits per heavy atom. The van der Waals surface area contributed by atoms with Crippen LogP contribution in [0.4, 0.5) is 11.5 Å². The smallest absolute Gasteiger partial charge is 0.253 e. The molecule has 27 heavy (non-hydrogen) atoms. The highest BCUT2D eigenvalue weighted by Gasteiger charge is 2.22. The third-order valence-corrected chi connectivity index (χ3v) is 4.95. The van der Waals surface area contributed by atoms with Crippen LogP contribution in [0.1, 0.15) is 28.8 Å². The Morgan fingerprint density at radius 2 is 1.85 bits per heavy atom. The van der Waals surface area contributed by atoms with Crippen LogP contribution in [0.3, 0.4) is 0 Å². The molecule has 2 heterocycles. The van der Waals surface area contributed by atoms with Crippen molar-refractivity contribution in [3.8, 4) is 0 Å². The molecule has 1 saturated heterocycles. The summed E-state index contributed by atoms with van der Waals surface area (Å²) in [5.41, 5.74) is 3.48. The second kappa shape index (κ2) is 7.32. The van der Waals surface area contributed by atoms with Gasteiger partial charge in [0, 0.05) is 29.7 Å². The number of amides is 1. The largest absolute Gasteiger partial charge is 0.393 e. The quantitative estimate of drug-likeness (QED) is 0.748. The summed E-state index contributed by atoms with van der Waals surface area (Å²) in [7, 11) is 0. The molecular formula is C21H22N4O2. The normalized spacial score (nSPS) is 15.1. The number of rotatable bonds is 3. The van der Waals surface area contributed by atoms with Crippen molar-refractivity contribution in [2.45, 2.75) is 25.9 Å². The van der Waals surface area contributed by atoms with Crippen molar-refractivity contribution in [1.82, 2.24) is 14.9 Å². The molecule has 0 radical (unpaired) electrons. The van der Waals surface area contributed by atoms with Gasteiger partial charge < -0.3 is 15.3 Å². The van der Waals surface area contributed by atoms with E-state index >= 15 is 0 Å². The average Bonchev–Trinajstić information content (AvgIpc) is 2.69. The molecule has 2 aromatic carbocycles. The van der Waals surface area contributed by atoms with Crippen LogP contribution in [0.5, 0.6) is 0 Å².